The van der Waals surface area contributed by atoms with E-state index in [4.69, 9.17) is 5.73 Å². The maximum atomic E-state index is 11.7. The highest BCUT2D eigenvalue weighted by Crippen LogP contribution is 2.07. The Hall–Kier alpha value is -1.16. The molecule has 0 radical (unpaired) electrons. The molecule has 1 atom stereocenters. The van der Waals surface area contributed by atoms with Crippen LogP contribution in [0.2, 0.25) is 0 Å². The molecule has 4 nitrogen and oxygen atoms in total. The van der Waals surface area contributed by atoms with E-state index in [2.05, 4.69) is 4.98 Å². The van der Waals surface area contributed by atoms with Gasteiger partial charge in [0.25, 0.3) is 0 Å². The molecule has 78 valence electrons. The highest BCUT2D eigenvalue weighted by molar-refractivity contribution is 5.93. The quantitative estimate of drug-likeness (QED) is 0.728. The Morgan fingerprint density at radius 3 is 2.71 bits per heavy atom. The molecule has 0 aliphatic carbocycles. The topological polar surface area (TPSA) is 60.9 Å². The minimum Gasteiger partial charge on any atom is -0.332 e. The fraction of sp³-hybridized carbons (Fsp3) is 0.600. The van der Waals surface area contributed by atoms with Crippen molar-refractivity contribution in [2.24, 2.45) is 18.7 Å². The van der Waals surface area contributed by atoms with Crippen LogP contribution in [0.4, 0.5) is 0 Å². The lowest BCUT2D eigenvalue weighted by molar-refractivity contribution is 0.0954. The van der Waals surface area contributed by atoms with Crippen LogP contribution in [0, 0.1) is 5.92 Å². The number of imidazole rings is 1. The summed E-state index contributed by atoms with van der Waals surface area (Å²) in [4.78, 5) is 15.7. The Kier molecular flexibility index (Phi) is 3.41. The van der Waals surface area contributed by atoms with Crippen molar-refractivity contribution in [1.29, 1.82) is 0 Å². The predicted octanol–water partition coefficient (Wildman–Crippen LogP) is 0.976. The SMILES string of the molecule is CC(C)C(N)CC(=O)c1nccn1C. The second kappa shape index (κ2) is 4.37. The normalized spacial score (nSPS) is 13.2. The molecule has 14 heavy (non-hydrogen) atoms. The third-order valence-corrected chi connectivity index (χ3v) is 2.35. The zero-order valence-corrected chi connectivity index (χ0v) is 8.90. The highest BCUT2D eigenvalue weighted by Gasteiger charge is 2.17. The van der Waals surface area contributed by atoms with E-state index in [1.165, 1.54) is 0 Å². The summed E-state index contributed by atoms with van der Waals surface area (Å²) in [7, 11) is 1.81. The third-order valence-electron chi connectivity index (χ3n) is 2.35. The molecule has 0 fully saturated rings. The van der Waals surface area contributed by atoms with Gasteiger partial charge in [-0.25, -0.2) is 4.98 Å². The van der Waals surface area contributed by atoms with Gasteiger partial charge in [-0.2, -0.15) is 0 Å². The van der Waals surface area contributed by atoms with Crippen LogP contribution in [0.15, 0.2) is 12.4 Å². The molecular weight excluding hydrogens is 178 g/mol. The molecule has 1 unspecified atom stereocenters. The summed E-state index contributed by atoms with van der Waals surface area (Å²) in [6.45, 7) is 4.02. The van der Waals surface area contributed by atoms with Gasteiger partial charge in [0.1, 0.15) is 0 Å². The first kappa shape index (κ1) is 10.9. The zero-order chi connectivity index (χ0) is 10.7. The first-order valence-electron chi connectivity index (χ1n) is 4.78. The molecule has 0 aliphatic heterocycles. The molecule has 1 aromatic heterocycles. The second-order valence-corrected chi connectivity index (χ2v) is 3.90. The van der Waals surface area contributed by atoms with Gasteiger partial charge in [0.15, 0.2) is 11.6 Å². The van der Waals surface area contributed by atoms with Crippen LogP contribution in [-0.2, 0) is 7.05 Å². The van der Waals surface area contributed by atoms with E-state index in [0.717, 1.165) is 0 Å². The van der Waals surface area contributed by atoms with E-state index >= 15 is 0 Å². The Labute approximate surface area is 84.1 Å². The van der Waals surface area contributed by atoms with Crippen LogP contribution >= 0.6 is 0 Å². The maximum Gasteiger partial charge on any atom is 0.199 e. The number of nitrogens with zero attached hydrogens (tertiary/aromatic N) is 2. The van der Waals surface area contributed by atoms with Gasteiger partial charge in [0, 0.05) is 31.9 Å². The van der Waals surface area contributed by atoms with Crippen LogP contribution in [0.5, 0.6) is 0 Å². The van der Waals surface area contributed by atoms with Crippen LogP contribution in [0.1, 0.15) is 30.9 Å². The van der Waals surface area contributed by atoms with Crippen molar-refractivity contribution in [2.45, 2.75) is 26.3 Å². The Morgan fingerprint density at radius 1 is 1.64 bits per heavy atom. The molecule has 0 saturated carbocycles. The van der Waals surface area contributed by atoms with Gasteiger partial charge in [0.05, 0.1) is 0 Å². The van der Waals surface area contributed by atoms with Crippen LogP contribution in [0.3, 0.4) is 0 Å². The number of aryl methyl sites for hydroxylation is 1. The smallest absolute Gasteiger partial charge is 0.199 e. The van der Waals surface area contributed by atoms with Crippen molar-refractivity contribution in [3.05, 3.63) is 18.2 Å². The molecule has 1 aromatic rings. The number of rotatable bonds is 4. The van der Waals surface area contributed by atoms with Gasteiger partial charge in [-0.05, 0) is 5.92 Å². The van der Waals surface area contributed by atoms with Crippen molar-refractivity contribution in [3.8, 4) is 0 Å². The van der Waals surface area contributed by atoms with E-state index < -0.39 is 0 Å². The van der Waals surface area contributed by atoms with Crippen molar-refractivity contribution in [1.82, 2.24) is 9.55 Å². The molecule has 4 heteroatoms. The minimum absolute atomic E-state index is 0.0127. The summed E-state index contributed by atoms with van der Waals surface area (Å²) in [6.07, 6.45) is 3.74. The first-order chi connectivity index (χ1) is 6.52. The Morgan fingerprint density at radius 2 is 2.29 bits per heavy atom. The van der Waals surface area contributed by atoms with Crippen LogP contribution < -0.4 is 5.73 Å². The standard InChI is InChI=1S/C10H17N3O/c1-7(2)8(11)6-9(14)10-12-4-5-13(10)3/h4-5,7-8H,6,11H2,1-3H3. The molecule has 1 rings (SSSR count). The van der Waals surface area contributed by atoms with E-state index in [1.54, 1.807) is 24.0 Å². The minimum atomic E-state index is -0.0841. The number of hydrogen-bond donors (Lipinski definition) is 1. The summed E-state index contributed by atoms with van der Waals surface area (Å²) in [5.41, 5.74) is 5.82. The second-order valence-electron chi connectivity index (χ2n) is 3.90. The molecule has 0 spiro atoms. The lowest BCUT2D eigenvalue weighted by atomic mass is 9.99. The van der Waals surface area contributed by atoms with E-state index in [-0.39, 0.29) is 11.8 Å². The molecule has 0 saturated heterocycles. The van der Waals surface area contributed by atoms with Gasteiger partial charge < -0.3 is 10.3 Å². The molecule has 0 bridgehead atoms. The van der Waals surface area contributed by atoms with Gasteiger partial charge in [-0.15, -0.1) is 0 Å². The number of ketones is 1. The van der Waals surface area contributed by atoms with Crippen molar-refractivity contribution in [2.75, 3.05) is 0 Å². The number of carbonyl (C=O) groups excluding carboxylic acids is 1. The van der Waals surface area contributed by atoms with E-state index in [0.29, 0.717) is 18.2 Å². The van der Waals surface area contributed by atoms with Gasteiger partial charge in [-0.3, -0.25) is 4.79 Å². The number of nitrogens with two attached hydrogens (primary N) is 1. The van der Waals surface area contributed by atoms with Crippen molar-refractivity contribution < 1.29 is 4.79 Å². The monoisotopic (exact) mass is 195 g/mol. The maximum absolute atomic E-state index is 11.7. The average Bonchev–Trinajstić information content (AvgIpc) is 2.51. The number of aromatic nitrogens is 2. The fourth-order valence-corrected chi connectivity index (χ4v) is 1.18. The lowest BCUT2D eigenvalue weighted by Crippen LogP contribution is -2.30. The number of Topliss-reactive ketones (excluding diaryl/α,β-unsaturated/α-hetero) is 1. The summed E-state index contributed by atoms with van der Waals surface area (Å²) >= 11 is 0. The van der Waals surface area contributed by atoms with Crippen molar-refractivity contribution in [3.63, 3.8) is 0 Å². The van der Waals surface area contributed by atoms with Gasteiger partial charge in [-0.1, -0.05) is 13.8 Å². The first-order valence-corrected chi connectivity index (χ1v) is 4.78. The number of carbonyl (C=O) groups is 1. The molecule has 1 heterocycles. The van der Waals surface area contributed by atoms with E-state index in [1.807, 2.05) is 13.8 Å². The zero-order valence-electron chi connectivity index (χ0n) is 8.90. The highest BCUT2D eigenvalue weighted by atomic mass is 16.1. The van der Waals surface area contributed by atoms with Crippen LogP contribution in [-0.4, -0.2) is 21.4 Å². The summed E-state index contributed by atoms with van der Waals surface area (Å²) in [6, 6.07) is -0.0841. The number of hydrogen-bond acceptors (Lipinski definition) is 3. The molecule has 0 aliphatic rings. The van der Waals surface area contributed by atoms with E-state index in [9.17, 15) is 4.79 Å². The molecule has 2 N–H and O–H groups in total. The Balaban J connectivity index is 2.64. The third kappa shape index (κ3) is 2.42. The molecular formula is C10H17N3O. The summed E-state index contributed by atoms with van der Waals surface area (Å²) < 4.78 is 1.72. The summed E-state index contributed by atoms with van der Waals surface area (Å²) in [5.74, 6) is 0.819. The van der Waals surface area contributed by atoms with Crippen LogP contribution in [0.25, 0.3) is 0 Å². The summed E-state index contributed by atoms with van der Waals surface area (Å²) in [5, 5.41) is 0. The molecule has 0 amide bonds. The Bertz CT molecular complexity index is 317. The molecule has 0 aromatic carbocycles. The van der Waals surface area contributed by atoms with Gasteiger partial charge >= 0.3 is 0 Å². The fourth-order valence-electron chi connectivity index (χ4n) is 1.18. The predicted molar refractivity (Wildman–Crippen MR) is 55.0 cm³/mol. The lowest BCUT2D eigenvalue weighted by Gasteiger charge is -2.13. The van der Waals surface area contributed by atoms with Crippen molar-refractivity contribution >= 4 is 5.78 Å². The largest absolute Gasteiger partial charge is 0.332 e. The van der Waals surface area contributed by atoms with Gasteiger partial charge in [0.2, 0.25) is 0 Å². The average molecular weight is 195 g/mol.